The van der Waals surface area contributed by atoms with E-state index < -0.39 is 5.97 Å². The van der Waals surface area contributed by atoms with Gasteiger partial charge in [0.25, 0.3) is 0 Å². The average Bonchev–Trinajstić information content (AvgIpc) is 2.95. The van der Waals surface area contributed by atoms with Gasteiger partial charge in [0.2, 0.25) is 0 Å². The summed E-state index contributed by atoms with van der Waals surface area (Å²) in [6.07, 6.45) is 2.41. The van der Waals surface area contributed by atoms with E-state index in [9.17, 15) is 4.79 Å². The van der Waals surface area contributed by atoms with E-state index in [4.69, 9.17) is 10.8 Å². The van der Waals surface area contributed by atoms with Crippen molar-refractivity contribution in [3.63, 3.8) is 0 Å². The van der Waals surface area contributed by atoms with Gasteiger partial charge in [-0.25, -0.2) is 4.79 Å². The SMILES string of the molecule is CC1(CNc2ccc(N)cc2C(=O)O)CC1. The van der Waals surface area contributed by atoms with Crippen LogP contribution in [0.15, 0.2) is 18.2 Å². The largest absolute Gasteiger partial charge is 0.478 e. The zero-order chi connectivity index (χ0) is 11.8. The smallest absolute Gasteiger partial charge is 0.337 e. The van der Waals surface area contributed by atoms with Crippen LogP contribution in [0, 0.1) is 5.41 Å². The molecule has 0 spiro atoms. The van der Waals surface area contributed by atoms with Crippen molar-refractivity contribution in [2.24, 2.45) is 5.41 Å². The Morgan fingerprint density at radius 1 is 1.56 bits per heavy atom. The van der Waals surface area contributed by atoms with Gasteiger partial charge in [-0.1, -0.05) is 6.92 Å². The van der Waals surface area contributed by atoms with Crippen LogP contribution in [-0.2, 0) is 0 Å². The highest BCUT2D eigenvalue weighted by Gasteiger charge is 2.36. The van der Waals surface area contributed by atoms with Crippen molar-refractivity contribution >= 4 is 17.3 Å². The predicted molar refractivity (Wildman–Crippen MR) is 63.6 cm³/mol. The molecule has 1 aromatic rings. The molecule has 2 rings (SSSR count). The number of carboxylic acids is 1. The van der Waals surface area contributed by atoms with Gasteiger partial charge in [0.1, 0.15) is 0 Å². The molecule has 0 amide bonds. The maximum absolute atomic E-state index is 11.0. The van der Waals surface area contributed by atoms with Gasteiger partial charge in [0.15, 0.2) is 0 Å². The number of nitrogen functional groups attached to an aromatic ring is 1. The van der Waals surface area contributed by atoms with E-state index in [1.54, 1.807) is 12.1 Å². The third-order valence-corrected chi connectivity index (χ3v) is 3.08. The van der Waals surface area contributed by atoms with Gasteiger partial charge in [-0.2, -0.15) is 0 Å². The molecule has 1 aromatic carbocycles. The number of benzene rings is 1. The molecule has 0 unspecified atom stereocenters. The van der Waals surface area contributed by atoms with Crippen LogP contribution in [0.3, 0.4) is 0 Å². The summed E-state index contributed by atoms with van der Waals surface area (Å²) in [5, 5.41) is 12.2. The third-order valence-electron chi connectivity index (χ3n) is 3.08. The van der Waals surface area contributed by atoms with Crippen LogP contribution in [0.4, 0.5) is 11.4 Å². The normalized spacial score (nSPS) is 16.8. The van der Waals surface area contributed by atoms with Crippen molar-refractivity contribution < 1.29 is 9.90 Å². The molecule has 1 saturated carbocycles. The van der Waals surface area contributed by atoms with Gasteiger partial charge >= 0.3 is 5.97 Å². The number of carbonyl (C=O) groups is 1. The fourth-order valence-electron chi connectivity index (χ4n) is 1.59. The highest BCUT2D eigenvalue weighted by Crippen LogP contribution is 2.44. The molecule has 0 bridgehead atoms. The maximum atomic E-state index is 11.0. The molecule has 0 aliphatic heterocycles. The summed E-state index contributed by atoms with van der Waals surface area (Å²) < 4.78 is 0. The van der Waals surface area contributed by atoms with E-state index in [0.29, 0.717) is 16.8 Å². The first-order chi connectivity index (χ1) is 7.50. The predicted octanol–water partition coefficient (Wildman–Crippen LogP) is 2.18. The highest BCUT2D eigenvalue weighted by molar-refractivity contribution is 5.95. The molecule has 1 fully saturated rings. The monoisotopic (exact) mass is 220 g/mol. The molecule has 0 radical (unpaired) electrons. The molecule has 4 nitrogen and oxygen atoms in total. The fourth-order valence-corrected chi connectivity index (χ4v) is 1.59. The maximum Gasteiger partial charge on any atom is 0.337 e. The van der Waals surface area contributed by atoms with E-state index in [0.717, 1.165) is 6.54 Å². The minimum atomic E-state index is -0.948. The van der Waals surface area contributed by atoms with Gasteiger partial charge in [0, 0.05) is 17.9 Å². The molecular formula is C12H16N2O2. The Morgan fingerprint density at radius 2 is 2.25 bits per heavy atom. The highest BCUT2D eigenvalue weighted by atomic mass is 16.4. The second-order valence-corrected chi connectivity index (χ2v) is 4.77. The van der Waals surface area contributed by atoms with Gasteiger partial charge < -0.3 is 16.2 Å². The topological polar surface area (TPSA) is 75.3 Å². The lowest BCUT2D eigenvalue weighted by molar-refractivity contribution is 0.0698. The van der Waals surface area contributed by atoms with Crippen molar-refractivity contribution in [1.82, 2.24) is 0 Å². The lowest BCUT2D eigenvalue weighted by Gasteiger charge is -2.13. The fraction of sp³-hybridized carbons (Fsp3) is 0.417. The molecule has 86 valence electrons. The van der Waals surface area contributed by atoms with Crippen LogP contribution in [0.25, 0.3) is 0 Å². The van der Waals surface area contributed by atoms with Crippen LogP contribution in [0.2, 0.25) is 0 Å². The summed E-state index contributed by atoms with van der Waals surface area (Å²) in [5.41, 5.74) is 7.27. The summed E-state index contributed by atoms with van der Waals surface area (Å²) in [6, 6.07) is 4.93. The number of aromatic carboxylic acids is 1. The Balaban J connectivity index is 2.15. The number of anilines is 2. The standard InChI is InChI=1S/C12H16N2O2/c1-12(4-5-12)7-14-10-3-2-8(13)6-9(10)11(15)16/h2-3,6,14H,4-5,7,13H2,1H3,(H,15,16). The Bertz CT molecular complexity index is 425. The van der Waals surface area contributed by atoms with E-state index in [-0.39, 0.29) is 5.56 Å². The molecule has 1 aliphatic carbocycles. The van der Waals surface area contributed by atoms with Crippen molar-refractivity contribution in [1.29, 1.82) is 0 Å². The van der Waals surface area contributed by atoms with Crippen LogP contribution < -0.4 is 11.1 Å². The van der Waals surface area contributed by atoms with Crippen LogP contribution in [-0.4, -0.2) is 17.6 Å². The zero-order valence-electron chi connectivity index (χ0n) is 9.29. The Hall–Kier alpha value is -1.71. The molecule has 0 heterocycles. The molecule has 0 aromatic heterocycles. The summed E-state index contributed by atoms with van der Waals surface area (Å²) in [5.74, 6) is -0.948. The van der Waals surface area contributed by atoms with Crippen molar-refractivity contribution in [3.05, 3.63) is 23.8 Å². The first kappa shape index (κ1) is 10.8. The van der Waals surface area contributed by atoms with E-state index >= 15 is 0 Å². The van der Waals surface area contributed by atoms with Crippen molar-refractivity contribution in [2.75, 3.05) is 17.6 Å². The lowest BCUT2D eigenvalue weighted by Crippen LogP contribution is -2.14. The van der Waals surface area contributed by atoms with E-state index in [2.05, 4.69) is 12.2 Å². The van der Waals surface area contributed by atoms with Crippen molar-refractivity contribution in [3.8, 4) is 0 Å². The zero-order valence-corrected chi connectivity index (χ0v) is 9.29. The number of hydrogen-bond acceptors (Lipinski definition) is 3. The van der Waals surface area contributed by atoms with Gasteiger partial charge in [-0.15, -0.1) is 0 Å². The number of nitrogens with one attached hydrogen (secondary N) is 1. The van der Waals surface area contributed by atoms with Gasteiger partial charge in [0.05, 0.1) is 5.56 Å². The number of nitrogens with two attached hydrogens (primary N) is 1. The first-order valence-corrected chi connectivity index (χ1v) is 5.37. The lowest BCUT2D eigenvalue weighted by atomic mass is 10.1. The van der Waals surface area contributed by atoms with Crippen LogP contribution in [0.5, 0.6) is 0 Å². The molecule has 4 N–H and O–H groups in total. The minimum absolute atomic E-state index is 0.240. The molecule has 0 saturated heterocycles. The Morgan fingerprint density at radius 3 is 2.81 bits per heavy atom. The van der Waals surface area contributed by atoms with Crippen LogP contribution >= 0.6 is 0 Å². The first-order valence-electron chi connectivity index (χ1n) is 5.37. The molecular weight excluding hydrogens is 204 g/mol. The summed E-state index contributed by atoms with van der Waals surface area (Å²) in [4.78, 5) is 11.0. The van der Waals surface area contributed by atoms with Crippen molar-refractivity contribution in [2.45, 2.75) is 19.8 Å². The number of rotatable bonds is 4. The second kappa shape index (κ2) is 3.70. The molecule has 1 aliphatic rings. The third kappa shape index (κ3) is 2.27. The quantitative estimate of drug-likeness (QED) is 0.680. The molecule has 0 atom stereocenters. The number of hydrogen-bond donors (Lipinski definition) is 3. The summed E-state index contributed by atoms with van der Waals surface area (Å²) >= 11 is 0. The summed E-state index contributed by atoms with van der Waals surface area (Å²) in [6.45, 7) is 3.01. The average molecular weight is 220 g/mol. The Labute approximate surface area is 94.5 Å². The van der Waals surface area contributed by atoms with Gasteiger partial charge in [-0.3, -0.25) is 0 Å². The van der Waals surface area contributed by atoms with Gasteiger partial charge in [-0.05, 0) is 36.5 Å². The molecule has 16 heavy (non-hydrogen) atoms. The minimum Gasteiger partial charge on any atom is -0.478 e. The van der Waals surface area contributed by atoms with E-state index in [1.165, 1.54) is 18.9 Å². The Kier molecular flexibility index (Phi) is 2.50. The summed E-state index contributed by atoms with van der Waals surface area (Å²) in [7, 11) is 0. The number of carboxylic acid groups (broad SMARTS) is 1. The van der Waals surface area contributed by atoms with Crippen LogP contribution in [0.1, 0.15) is 30.1 Å². The second-order valence-electron chi connectivity index (χ2n) is 4.77. The van der Waals surface area contributed by atoms with E-state index in [1.807, 2.05) is 0 Å². The molecule has 4 heteroatoms.